The molecule has 1 atom stereocenters. The van der Waals surface area contributed by atoms with Crippen molar-refractivity contribution < 1.29 is 9.53 Å². The molecule has 2 N–H and O–H groups in total. The Bertz CT molecular complexity index is 746. The average molecular weight is 322 g/mol. The molecule has 0 radical (unpaired) electrons. The number of hydrogen-bond acceptors (Lipinski definition) is 5. The molecule has 1 saturated heterocycles. The number of pyridine rings is 1. The molecular formula is C18H18N4O2. The normalized spacial score (nSPS) is 16.4. The fourth-order valence-corrected chi connectivity index (χ4v) is 2.55. The summed E-state index contributed by atoms with van der Waals surface area (Å²) in [6.07, 6.45) is 4.04. The minimum Gasteiger partial charge on any atom is -0.381 e. The van der Waals surface area contributed by atoms with Crippen LogP contribution in [-0.4, -0.2) is 30.1 Å². The number of anilines is 2. The molecule has 1 amide bonds. The Hall–Kier alpha value is -2.91. The van der Waals surface area contributed by atoms with Gasteiger partial charge in [0.25, 0.3) is 5.91 Å². The predicted molar refractivity (Wildman–Crippen MR) is 90.8 cm³/mol. The van der Waals surface area contributed by atoms with Crippen LogP contribution < -0.4 is 10.6 Å². The van der Waals surface area contributed by atoms with Gasteiger partial charge in [0.2, 0.25) is 0 Å². The smallest absolute Gasteiger partial charge is 0.274 e. The van der Waals surface area contributed by atoms with Gasteiger partial charge < -0.3 is 15.4 Å². The van der Waals surface area contributed by atoms with E-state index < -0.39 is 0 Å². The number of nitrogens with zero attached hydrogens (tertiary/aromatic N) is 2. The molecule has 1 fully saturated rings. The number of hydrogen-bond donors (Lipinski definition) is 2. The summed E-state index contributed by atoms with van der Waals surface area (Å²) in [5.41, 5.74) is 2.04. The first kappa shape index (κ1) is 16.0. The van der Waals surface area contributed by atoms with Gasteiger partial charge >= 0.3 is 0 Å². The highest BCUT2D eigenvalue weighted by Crippen LogP contribution is 2.16. The summed E-state index contributed by atoms with van der Waals surface area (Å²) in [4.78, 5) is 16.4. The van der Waals surface area contributed by atoms with E-state index in [9.17, 15) is 4.79 Å². The third kappa shape index (κ3) is 3.89. The molecule has 1 aliphatic heterocycles. The van der Waals surface area contributed by atoms with E-state index in [-0.39, 0.29) is 12.0 Å². The molecular weight excluding hydrogens is 304 g/mol. The molecule has 24 heavy (non-hydrogen) atoms. The first-order valence-electron chi connectivity index (χ1n) is 7.88. The van der Waals surface area contributed by atoms with E-state index in [4.69, 9.17) is 10.00 Å². The van der Waals surface area contributed by atoms with E-state index in [0.29, 0.717) is 16.9 Å². The summed E-state index contributed by atoms with van der Waals surface area (Å²) in [5, 5.41) is 15.0. The van der Waals surface area contributed by atoms with Crippen LogP contribution in [0.5, 0.6) is 0 Å². The van der Waals surface area contributed by atoms with Crippen LogP contribution in [0.15, 0.2) is 42.6 Å². The first-order chi connectivity index (χ1) is 11.8. The molecule has 2 heterocycles. The molecule has 6 heteroatoms. The van der Waals surface area contributed by atoms with Crippen LogP contribution in [0.2, 0.25) is 0 Å². The van der Waals surface area contributed by atoms with E-state index in [2.05, 4.69) is 15.6 Å². The number of ether oxygens (including phenoxy) is 1. The summed E-state index contributed by atoms with van der Waals surface area (Å²) in [7, 11) is 0. The zero-order valence-corrected chi connectivity index (χ0v) is 13.2. The lowest BCUT2D eigenvalue weighted by Crippen LogP contribution is -2.19. The molecule has 0 aliphatic carbocycles. The Labute approximate surface area is 140 Å². The average Bonchev–Trinajstić information content (AvgIpc) is 3.14. The highest BCUT2D eigenvalue weighted by atomic mass is 16.5. The van der Waals surface area contributed by atoms with Crippen LogP contribution in [0.3, 0.4) is 0 Å². The third-order valence-electron chi connectivity index (χ3n) is 3.85. The Morgan fingerprint density at radius 3 is 2.92 bits per heavy atom. The fraction of sp³-hybridized carbons (Fsp3) is 0.278. The maximum absolute atomic E-state index is 12.2. The molecule has 0 spiro atoms. The number of amides is 1. The summed E-state index contributed by atoms with van der Waals surface area (Å²) in [6, 6.07) is 12.4. The zero-order valence-electron chi connectivity index (χ0n) is 13.2. The quantitative estimate of drug-likeness (QED) is 0.884. The molecule has 2 aromatic rings. The number of carbonyl (C=O) groups is 1. The van der Waals surface area contributed by atoms with Crippen molar-refractivity contribution in [2.24, 2.45) is 0 Å². The molecule has 1 aromatic carbocycles. The molecule has 1 aromatic heterocycles. The number of carbonyl (C=O) groups excluding carboxylic acids is 1. The van der Waals surface area contributed by atoms with E-state index >= 15 is 0 Å². The maximum atomic E-state index is 12.2. The van der Waals surface area contributed by atoms with Gasteiger partial charge in [-0.3, -0.25) is 4.79 Å². The lowest BCUT2D eigenvalue weighted by molar-refractivity contribution is 0.102. The predicted octanol–water partition coefficient (Wildman–Crippen LogP) is 2.80. The maximum Gasteiger partial charge on any atom is 0.274 e. The molecule has 6 nitrogen and oxygen atoms in total. The molecule has 0 bridgehead atoms. The van der Waals surface area contributed by atoms with Crippen LogP contribution in [0.25, 0.3) is 0 Å². The first-order valence-corrected chi connectivity index (χ1v) is 7.88. The van der Waals surface area contributed by atoms with Gasteiger partial charge in [-0.25, -0.2) is 4.98 Å². The third-order valence-corrected chi connectivity index (χ3v) is 3.85. The topological polar surface area (TPSA) is 87.0 Å². The van der Waals surface area contributed by atoms with E-state index in [1.165, 1.54) is 0 Å². The zero-order chi connectivity index (χ0) is 16.8. The van der Waals surface area contributed by atoms with Crippen molar-refractivity contribution in [3.63, 3.8) is 0 Å². The number of benzene rings is 1. The summed E-state index contributed by atoms with van der Waals surface area (Å²) >= 11 is 0. The van der Waals surface area contributed by atoms with Gasteiger partial charge in [0.15, 0.2) is 0 Å². The van der Waals surface area contributed by atoms with Gasteiger partial charge in [0.05, 0.1) is 29.2 Å². The van der Waals surface area contributed by atoms with E-state index in [1.54, 1.807) is 36.5 Å². The summed E-state index contributed by atoms with van der Waals surface area (Å²) < 4.78 is 5.55. The van der Waals surface area contributed by atoms with Crippen molar-refractivity contribution in [3.05, 3.63) is 53.9 Å². The van der Waals surface area contributed by atoms with Crippen LogP contribution in [0, 0.1) is 11.3 Å². The van der Waals surface area contributed by atoms with Crippen molar-refractivity contribution in [2.75, 3.05) is 23.8 Å². The Balaban J connectivity index is 1.60. The van der Waals surface area contributed by atoms with Crippen molar-refractivity contribution in [3.8, 4) is 6.07 Å². The van der Waals surface area contributed by atoms with Crippen LogP contribution in [0.1, 0.15) is 28.9 Å². The van der Waals surface area contributed by atoms with Gasteiger partial charge in [-0.15, -0.1) is 0 Å². The van der Waals surface area contributed by atoms with Gasteiger partial charge in [0.1, 0.15) is 11.8 Å². The monoisotopic (exact) mass is 322 g/mol. The van der Waals surface area contributed by atoms with Crippen molar-refractivity contribution in [1.82, 2.24) is 4.98 Å². The SMILES string of the molecule is N#Cc1ccccc1NC(=O)c1ccc(NCC2CCCO2)cn1. The van der Waals surface area contributed by atoms with Gasteiger partial charge in [-0.1, -0.05) is 12.1 Å². The van der Waals surface area contributed by atoms with Crippen molar-refractivity contribution in [2.45, 2.75) is 18.9 Å². The highest BCUT2D eigenvalue weighted by molar-refractivity contribution is 6.03. The second kappa shape index (κ2) is 7.57. The van der Waals surface area contributed by atoms with Crippen molar-refractivity contribution in [1.29, 1.82) is 5.26 Å². The van der Waals surface area contributed by atoms with Gasteiger partial charge in [-0.2, -0.15) is 5.26 Å². The molecule has 0 saturated carbocycles. The molecule has 122 valence electrons. The number of aromatic nitrogens is 1. The number of nitrogens with one attached hydrogen (secondary N) is 2. The van der Waals surface area contributed by atoms with Crippen molar-refractivity contribution >= 4 is 17.3 Å². The second-order valence-electron chi connectivity index (χ2n) is 5.56. The Kier molecular flexibility index (Phi) is 5.04. The Morgan fingerprint density at radius 1 is 1.33 bits per heavy atom. The lowest BCUT2D eigenvalue weighted by Gasteiger charge is -2.12. The minimum absolute atomic E-state index is 0.246. The molecule has 1 aliphatic rings. The standard InChI is InChI=1S/C18H18N4O2/c19-10-13-4-1-2-6-16(13)22-18(23)17-8-7-14(11-21-17)20-12-15-5-3-9-24-15/h1-2,4,6-8,11,15,20H,3,5,9,12H2,(H,22,23). The number of rotatable bonds is 5. The van der Waals surface area contributed by atoms with Crippen LogP contribution in [-0.2, 0) is 4.74 Å². The molecule has 3 rings (SSSR count). The van der Waals surface area contributed by atoms with E-state index in [1.807, 2.05) is 12.1 Å². The largest absolute Gasteiger partial charge is 0.381 e. The van der Waals surface area contributed by atoms with Crippen LogP contribution >= 0.6 is 0 Å². The Morgan fingerprint density at radius 2 is 2.21 bits per heavy atom. The summed E-state index contributed by atoms with van der Waals surface area (Å²) in [5.74, 6) is -0.344. The van der Waals surface area contributed by atoms with Gasteiger partial charge in [0, 0.05) is 13.2 Å². The highest BCUT2D eigenvalue weighted by Gasteiger charge is 2.15. The lowest BCUT2D eigenvalue weighted by atomic mass is 10.2. The summed E-state index contributed by atoms with van der Waals surface area (Å²) in [6.45, 7) is 1.57. The van der Waals surface area contributed by atoms with E-state index in [0.717, 1.165) is 31.7 Å². The minimum atomic E-state index is -0.344. The number of para-hydroxylation sites is 1. The fourth-order valence-electron chi connectivity index (χ4n) is 2.55. The molecule has 1 unspecified atom stereocenters. The number of nitriles is 1. The second-order valence-corrected chi connectivity index (χ2v) is 5.56. The van der Waals surface area contributed by atoms with Crippen LogP contribution in [0.4, 0.5) is 11.4 Å². The van der Waals surface area contributed by atoms with Gasteiger partial charge in [-0.05, 0) is 37.1 Å².